The van der Waals surface area contributed by atoms with Crippen LogP contribution in [-0.4, -0.2) is 40.5 Å². The lowest BCUT2D eigenvalue weighted by Gasteiger charge is -2.27. The topological polar surface area (TPSA) is 97.0 Å². The number of ether oxygens (including phenoxy) is 1. The molecule has 0 bridgehead atoms. The zero-order valence-corrected chi connectivity index (χ0v) is 19.5. The van der Waals surface area contributed by atoms with Crippen LogP contribution in [-0.2, 0) is 28.9 Å². The Labute approximate surface area is 184 Å². The second kappa shape index (κ2) is 9.50. The summed E-state index contributed by atoms with van der Waals surface area (Å²) in [6.45, 7) is 6.28. The monoisotopic (exact) mass is 448 g/mol. The van der Waals surface area contributed by atoms with Crippen LogP contribution in [0.15, 0.2) is 9.95 Å². The Balaban J connectivity index is 1.90. The third-order valence-corrected chi connectivity index (χ3v) is 7.84. The Morgan fingerprint density at radius 2 is 2.17 bits per heavy atom. The van der Waals surface area contributed by atoms with Crippen LogP contribution in [0.5, 0.6) is 0 Å². The fourth-order valence-electron chi connectivity index (χ4n) is 3.47. The molecule has 1 unspecified atom stereocenters. The summed E-state index contributed by atoms with van der Waals surface area (Å²) in [5.41, 5.74) is 0.168. The number of hydrogen-bond donors (Lipinski definition) is 1. The summed E-state index contributed by atoms with van der Waals surface area (Å²) in [7, 11) is 1.60. The van der Waals surface area contributed by atoms with Crippen molar-refractivity contribution in [3.63, 3.8) is 0 Å². The lowest BCUT2D eigenvalue weighted by atomic mass is 9.90. The first-order valence-electron chi connectivity index (χ1n) is 10.2. The van der Waals surface area contributed by atoms with Crippen molar-refractivity contribution in [2.24, 2.45) is 5.92 Å². The van der Waals surface area contributed by atoms with Gasteiger partial charge < -0.3 is 10.1 Å². The molecule has 1 aliphatic rings. The highest BCUT2D eigenvalue weighted by atomic mass is 32.2. The smallest absolute Gasteiger partial charge is 0.263 e. The maximum absolute atomic E-state index is 13.3. The molecule has 0 saturated carbocycles. The van der Waals surface area contributed by atoms with Crippen molar-refractivity contribution < 1.29 is 9.53 Å². The van der Waals surface area contributed by atoms with Gasteiger partial charge in [0.2, 0.25) is 5.91 Å². The number of aromatic nitrogens is 2. The first kappa shape index (κ1) is 22.8. The number of nitrogens with one attached hydrogen (secondary N) is 1. The molecule has 1 atom stereocenters. The van der Waals surface area contributed by atoms with Crippen LogP contribution in [0.2, 0.25) is 0 Å². The van der Waals surface area contributed by atoms with Crippen LogP contribution in [0.4, 0.5) is 0 Å². The molecular formula is C21H28N4O3S2. The molecule has 2 aromatic heterocycles. The second-order valence-corrected chi connectivity index (χ2v) is 10.1. The van der Waals surface area contributed by atoms with Crippen LogP contribution in [0.1, 0.15) is 44.1 Å². The second-order valence-electron chi connectivity index (χ2n) is 8.04. The molecular weight excluding hydrogens is 420 g/mol. The molecule has 1 amide bonds. The number of nitrogens with zero attached hydrogens (tertiary/aromatic N) is 3. The quantitative estimate of drug-likeness (QED) is 0.492. The molecule has 0 aliphatic heterocycles. The largest absolute Gasteiger partial charge is 0.383 e. The molecule has 1 aliphatic carbocycles. The van der Waals surface area contributed by atoms with Gasteiger partial charge in [0, 0.05) is 12.0 Å². The maximum Gasteiger partial charge on any atom is 0.263 e. The van der Waals surface area contributed by atoms with E-state index in [4.69, 9.17) is 9.72 Å². The standard InChI is InChI=1S/C21H28N4O3S2/c1-13(2)21(3,12-22)24-16(26)11-29-20-23-18-17(19(27)25(20)9-10-28-4)14-7-5-6-8-15(14)30-18/h13H,5-11H2,1-4H3,(H,24,26). The lowest BCUT2D eigenvalue weighted by molar-refractivity contribution is -0.120. The molecule has 7 nitrogen and oxygen atoms in total. The number of carbonyl (C=O) groups excluding carboxylic acids is 1. The van der Waals surface area contributed by atoms with E-state index >= 15 is 0 Å². The molecule has 0 saturated heterocycles. The number of nitriles is 1. The Kier molecular flexibility index (Phi) is 7.22. The number of thioether (sulfide) groups is 1. The fourth-order valence-corrected chi connectivity index (χ4v) is 5.59. The van der Waals surface area contributed by atoms with Crippen molar-refractivity contribution in [1.29, 1.82) is 5.26 Å². The molecule has 0 aromatic carbocycles. The van der Waals surface area contributed by atoms with E-state index in [1.807, 2.05) is 13.8 Å². The van der Waals surface area contributed by atoms with E-state index in [0.717, 1.165) is 41.5 Å². The summed E-state index contributed by atoms with van der Waals surface area (Å²) in [4.78, 5) is 32.6. The van der Waals surface area contributed by atoms with Crippen LogP contribution in [0.3, 0.4) is 0 Å². The van der Waals surface area contributed by atoms with Crippen molar-refractivity contribution in [2.45, 2.75) is 63.7 Å². The van der Waals surface area contributed by atoms with Crippen LogP contribution >= 0.6 is 23.1 Å². The predicted molar refractivity (Wildman–Crippen MR) is 120 cm³/mol. The number of rotatable bonds is 8. The first-order chi connectivity index (χ1) is 14.3. The highest BCUT2D eigenvalue weighted by Gasteiger charge is 2.30. The van der Waals surface area contributed by atoms with Gasteiger partial charge in [0.25, 0.3) is 5.56 Å². The summed E-state index contributed by atoms with van der Waals surface area (Å²) in [5.74, 6) is -0.195. The van der Waals surface area contributed by atoms with Gasteiger partial charge in [-0.2, -0.15) is 5.26 Å². The van der Waals surface area contributed by atoms with Gasteiger partial charge in [0.05, 0.1) is 30.4 Å². The van der Waals surface area contributed by atoms with Gasteiger partial charge >= 0.3 is 0 Å². The minimum Gasteiger partial charge on any atom is -0.383 e. The van der Waals surface area contributed by atoms with Crippen LogP contribution < -0.4 is 10.9 Å². The van der Waals surface area contributed by atoms with Crippen molar-refractivity contribution in [3.8, 4) is 6.07 Å². The Morgan fingerprint density at radius 1 is 1.43 bits per heavy atom. The third-order valence-electron chi connectivity index (χ3n) is 5.68. The lowest BCUT2D eigenvalue weighted by Crippen LogP contribution is -2.49. The summed E-state index contributed by atoms with van der Waals surface area (Å²) in [6.07, 6.45) is 4.17. The molecule has 2 heterocycles. The van der Waals surface area contributed by atoms with Crippen LogP contribution in [0.25, 0.3) is 10.2 Å². The molecule has 2 aromatic rings. The molecule has 1 N–H and O–H groups in total. The van der Waals surface area contributed by atoms with E-state index in [0.29, 0.717) is 18.3 Å². The number of amides is 1. The van der Waals surface area contributed by atoms with Crippen molar-refractivity contribution in [2.75, 3.05) is 19.5 Å². The van der Waals surface area contributed by atoms with Gasteiger partial charge in [0.15, 0.2) is 5.16 Å². The maximum atomic E-state index is 13.3. The highest BCUT2D eigenvalue weighted by molar-refractivity contribution is 7.99. The summed E-state index contributed by atoms with van der Waals surface area (Å²) < 4.78 is 6.81. The summed E-state index contributed by atoms with van der Waals surface area (Å²) in [5, 5.41) is 13.5. The fraction of sp³-hybridized carbons (Fsp3) is 0.619. The van der Waals surface area contributed by atoms with Gasteiger partial charge in [-0.05, 0) is 44.1 Å². The van der Waals surface area contributed by atoms with Gasteiger partial charge in [0.1, 0.15) is 10.4 Å². The minimum absolute atomic E-state index is 0.0248. The number of thiophene rings is 1. The number of fused-ring (bicyclic) bond motifs is 3. The van der Waals surface area contributed by atoms with E-state index in [9.17, 15) is 14.9 Å². The average molecular weight is 449 g/mol. The molecule has 162 valence electrons. The zero-order chi connectivity index (χ0) is 21.9. The molecule has 30 heavy (non-hydrogen) atoms. The Morgan fingerprint density at radius 3 is 2.83 bits per heavy atom. The van der Waals surface area contributed by atoms with Crippen molar-refractivity contribution >= 4 is 39.2 Å². The van der Waals surface area contributed by atoms with Gasteiger partial charge in [-0.3, -0.25) is 14.2 Å². The van der Waals surface area contributed by atoms with Crippen molar-refractivity contribution in [1.82, 2.24) is 14.9 Å². The number of hydrogen-bond acceptors (Lipinski definition) is 7. The number of aryl methyl sites for hydroxylation is 2. The molecule has 9 heteroatoms. The van der Waals surface area contributed by atoms with E-state index in [1.165, 1.54) is 16.6 Å². The summed E-state index contributed by atoms with van der Waals surface area (Å²) in [6, 6.07) is 2.18. The Bertz CT molecular complexity index is 1040. The number of carbonyl (C=O) groups is 1. The van der Waals surface area contributed by atoms with Gasteiger partial charge in [-0.1, -0.05) is 25.6 Å². The van der Waals surface area contributed by atoms with Crippen molar-refractivity contribution in [3.05, 3.63) is 20.8 Å². The van der Waals surface area contributed by atoms with E-state index in [1.54, 1.807) is 29.9 Å². The third kappa shape index (κ3) is 4.56. The summed E-state index contributed by atoms with van der Waals surface area (Å²) >= 11 is 2.82. The predicted octanol–water partition coefficient (Wildman–Crippen LogP) is 3.13. The number of methoxy groups -OCH3 is 1. The zero-order valence-electron chi connectivity index (χ0n) is 17.9. The molecule has 3 rings (SSSR count). The van der Waals surface area contributed by atoms with E-state index in [-0.39, 0.29) is 23.1 Å². The molecule has 0 spiro atoms. The van der Waals surface area contributed by atoms with Gasteiger partial charge in [-0.15, -0.1) is 11.3 Å². The molecule has 0 radical (unpaired) electrons. The molecule has 0 fully saturated rings. The van der Waals surface area contributed by atoms with E-state index < -0.39 is 5.54 Å². The average Bonchev–Trinajstić information content (AvgIpc) is 3.10. The highest BCUT2D eigenvalue weighted by Crippen LogP contribution is 2.34. The van der Waals surface area contributed by atoms with Crippen LogP contribution in [0, 0.1) is 17.2 Å². The van der Waals surface area contributed by atoms with Gasteiger partial charge in [-0.25, -0.2) is 4.98 Å². The Hall–Kier alpha value is -1.89. The normalized spacial score (nSPS) is 15.6. The van der Waals surface area contributed by atoms with E-state index in [2.05, 4.69) is 11.4 Å². The minimum atomic E-state index is -0.933. The SMILES string of the molecule is COCCn1c(SCC(=O)NC(C)(C#N)C(C)C)nc2sc3c(c2c1=O)CCCC3. The first-order valence-corrected chi connectivity index (χ1v) is 12.0.